The highest BCUT2D eigenvalue weighted by molar-refractivity contribution is 5.71. The van der Waals surface area contributed by atoms with E-state index in [2.05, 4.69) is 69.4 Å². The summed E-state index contributed by atoms with van der Waals surface area (Å²) in [6, 6.07) is 0. The first-order chi connectivity index (χ1) is 37.5. The predicted octanol–water partition coefficient (Wildman–Crippen LogP) is 22.9. The minimum Gasteiger partial charge on any atom is -0.462 e. The zero-order chi connectivity index (χ0) is 55.0. The Kier molecular flexibility index (Phi) is 62.6. The van der Waals surface area contributed by atoms with E-state index in [1.807, 2.05) is 0 Å². The summed E-state index contributed by atoms with van der Waals surface area (Å²) in [5, 5.41) is 0. The van der Waals surface area contributed by atoms with Crippen LogP contribution in [0, 0.1) is 0 Å². The maximum absolute atomic E-state index is 12.8. The van der Waals surface area contributed by atoms with Crippen LogP contribution in [-0.2, 0) is 28.6 Å². The lowest BCUT2D eigenvalue weighted by Crippen LogP contribution is -2.30. The van der Waals surface area contributed by atoms with Gasteiger partial charge in [0.25, 0.3) is 0 Å². The number of allylic oxidation sites excluding steroid dienone is 8. The molecule has 0 N–H and O–H groups in total. The molecule has 0 heterocycles. The normalized spacial score (nSPS) is 12.3. The summed E-state index contributed by atoms with van der Waals surface area (Å²) in [6.07, 6.45) is 81.9. The van der Waals surface area contributed by atoms with Crippen molar-refractivity contribution in [3.05, 3.63) is 48.6 Å². The van der Waals surface area contributed by atoms with Crippen molar-refractivity contribution >= 4 is 17.9 Å². The molecule has 0 aromatic heterocycles. The Morgan fingerprint density at radius 3 is 0.803 bits per heavy atom. The topological polar surface area (TPSA) is 78.9 Å². The molecule has 6 nitrogen and oxygen atoms in total. The van der Waals surface area contributed by atoms with E-state index in [0.717, 1.165) is 89.9 Å². The van der Waals surface area contributed by atoms with Gasteiger partial charge in [0.2, 0.25) is 0 Å². The quantitative estimate of drug-likeness (QED) is 0.0261. The summed E-state index contributed by atoms with van der Waals surface area (Å²) in [7, 11) is 0. The van der Waals surface area contributed by atoms with Crippen LogP contribution in [0.2, 0.25) is 0 Å². The van der Waals surface area contributed by atoms with Gasteiger partial charge in [-0.05, 0) is 57.8 Å². The molecule has 0 amide bonds. The molecule has 0 bridgehead atoms. The van der Waals surface area contributed by atoms with Gasteiger partial charge in [0.15, 0.2) is 6.10 Å². The summed E-state index contributed by atoms with van der Waals surface area (Å²) in [5.74, 6) is -0.856. The molecule has 0 rings (SSSR count). The molecule has 6 heteroatoms. The maximum atomic E-state index is 12.8. The number of ether oxygens (including phenoxy) is 3. The fourth-order valence-corrected chi connectivity index (χ4v) is 10.1. The Hall–Kier alpha value is -2.63. The van der Waals surface area contributed by atoms with E-state index in [-0.39, 0.29) is 31.1 Å². The van der Waals surface area contributed by atoms with E-state index in [1.54, 1.807) is 0 Å². The third kappa shape index (κ3) is 62.2. The molecule has 76 heavy (non-hydrogen) atoms. The van der Waals surface area contributed by atoms with Crippen LogP contribution in [0.25, 0.3) is 0 Å². The summed E-state index contributed by atoms with van der Waals surface area (Å²) in [5.41, 5.74) is 0. The van der Waals surface area contributed by atoms with Crippen LogP contribution < -0.4 is 0 Å². The van der Waals surface area contributed by atoms with Crippen molar-refractivity contribution in [2.24, 2.45) is 0 Å². The number of unbranched alkanes of at least 4 members (excludes halogenated alkanes) is 43. The number of rotatable bonds is 62. The molecule has 1 atom stereocenters. The van der Waals surface area contributed by atoms with Crippen LogP contribution in [-0.4, -0.2) is 37.2 Å². The molecule has 0 spiro atoms. The zero-order valence-corrected chi connectivity index (χ0v) is 51.0. The molecule has 444 valence electrons. The van der Waals surface area contributed by atoms with Crippen LogP contribution in [0.5, 0.6) is 0 Å². The number of hydrogen-bond donors (Lipinski definition) is 0. The number of carbonyl (C=O) groups is 3. The van der Waals surface area contributed by atoms with E-state index in [9.17, 15) is 14.4 Å². The minimum atomic E-state index is -0.764. The van der Waals surface area contributed by atoms with E-state index in [4.69, 9.17) is 14.2 Å². The van der Waals surface area contributed by atoms with Gasteiger partial charge in [0, 0.05) is 19.3 Å². The van der Waals surface area contributed by atoms with E-state index >= 15 is 0 Å². The Morgan fingerprint density at radius 2 is 0.513 bits per heavy atom. The van der Waals surface area contributed by atoms with Crippen LogP contribution >= 0.6 is 0 Å². The lowest BCUT2D eigenvalue weighted by Gasteiger charge is -2.18. The van der Waals surface area contributed by atoms with Crippen molar-refractivity contribution in [2.45, 2.75) is 367 Å². The van der Waals surface area contributed by atoms with Crippen molar-refractivity contribution in [1.29, 1.82) is 0 Å². The van der Waals surface area contributed by atoms with Gasteiger partial charge in [-0.25, -0.2) is 0 Å². The highest BCUT2D eigenvalue weighted by atomic mass is 16.6. The third-order valence-electron chi connectivity index (χ3n) is 15.1. The second-order valence-electron chi connectivity index (χ2n) is 22.7. The smallest absolute Gasteiger partial charge is 0.306 e. The fourth-order valence-electron chi connectivity index (χ4n) is 10.1. The van der Waals surface area contributed by atoms with Crippen LogP contribution in [0.3, 0.4) is 0 Å². The molecule has 0 saturated heterocycles. The maximum Gasteiger partial charge on any atom is 0.306 e. The first-order valence-electron chi connectivity index (χ1n) is 33.6. The van der Waals surface area contributed by atoms with Crippen molar-refractivity contribution in [2.75, 3.05) is 13.2 Å². The van der Waals surface area contributed by atoms with Crippen LogP contribution in [0.1, 0.15) is 361 Å². The van der Waals surface area contributed by atoms with Gasteiger partial charge in [-0.1, -0.05) is 333 Å². The summed E-state index contributed by atoms with van der Waals surface area (Å²) >= 11 is 0. The summed E-state index contributed by atoms with van der Waals surface area (Å²) in [4.78, 5) is 37.9. The average Bonchev–Trinajstić information content (AvgIpc) is 3.42. The van der Waals surface area contributed by atoms with Gasteiger partial charge in [0.05, 0.1) is 0 Å². The summed E-state index contributed by atoms with van der Waals surface area (Å²) in [6.45, 7) is 6.51. The highest BCUT2D eigenvalue weighted by Gasteiger charge is 2.19. The molecule has 0 aliphatic heterocycles. The molecular weight excluding hydrogens is 937 g/mol. The van der Waals surface area contributed by atoms with Crippen molar-refractivity contribution < 1.29 is 28.6 Å². The Bertz CT molecular complexity index is 1310. The summed E-state index contributed by atoms with van der Waals surface area (Å²) < 4.78 is 16.8. The number of hydrogen-bond acceptors (Lipinski definition) is 6. The second-order valence-corrected chi connectivity index (χ2v) is 22.7. The van der Waals surface area contributed by atoms with Gasteiger partial charge in [0.1, 0.15) is 13.2 Å². The SMILES string of the molecule is CC/C=C\C/C=C\C/C=C\C/C=C\CCCCCCCCCCCCCCCCCCCCCCC(=O)OCC(COC(=O)CCCCCCC)OC(=O)CCCCCCCCCCCCCCCCCCCCCC. The zero-order valence-electron chi connectivity index (χ0n) is 51.0. The minimum absolute atomic E-state index is 0.0666. The predicted molar refractivity (Wildman–Crippen MR) is 330 cm³/mol. The van der Waals surface area contributed by atoms with Gasteiger partial charge in [-0.15, -0.1) is 0 Å². The molecule has 0 fully saturated rings. The van der Waals surface area contributed by atoms with E-state index in [0.29, 0.717) is 19.3 Å². The van der Waals surface area contributed by atoms with E-state index in [1.165, 1.54) is 231 Å². The first kappa shape index (κ1) is 73.4. The van der Waals surface area contributed by atoms with Crippen LogP contribution in [0.4, 0.5) is 0 Å². The first-order valence-corrected chi connectivity index (χ1v) is 33.6. The van der Waals surface area contributed by atoms with Gasteiger partial charge in [-0.3, -0.25) is 14.4 Å². The third-order valence-corrected chi connectivity index (χ3v) is 15.1. The highest BCUT2D eigenvalue weighted by Crippen LogP contribution is 2.18. The Labute approximate surface area is 473 Å². The lowest BCUT2D eigenvalue weighted by molar-refractivity contribution is -0.167. The number of carbonyl (C=O) groups excluding carboxylic acids is 3. The van der Waals surface area contributed by atoms with Crippen molar-refractivity contribution in [3.8, 4) is 0 Å². The van der Waals surface area contributed by atoms with E-state index < -0.39 is 6.10 Å². The lowest BCUT2D eigenvalue weighted by atomic mass is 10.0. The van der Waals surface area contributed by atoms with Gasteiger partial charge >= 0.3 is 17.9 Å². The molecule has 0 aliphatic carbocycles. The molecule has 0 aliphatic rings. The molecule has 0 aromatic rings. The average molecular weight is 1070 g/mol. The number of esters is 3. The largest absolute Gasteiger partial charge is 0.462 e. The Balaban J connectivity index is 3.90. The Morgan fingerprint density at radius 1 is 0.276 bits per heavy atom. The molecule has 0 radical (unpaired) electrons. The fraction of sp³-hybridized carbons (Fsp3) is 0.843. The second kappa shape index (κ2) is 64.9. The molecular formula is C70H128O6. The standard InChI is InChI=1S/C70H128O6/c1-4-7-10-13-15-17-19-21-23-25-27-29-30-31-32-33-34-35-36-37-38-39-40-41-43-44-46-48-50-52-54-57-60-63-69(72)75-66-67(65-74-68(71)62-59-56-12-9-6-3)76-70(73)64-61-58-55-53-51-49-47-45-42-28-26-24-22-20-18-16-14-11-8-5-2/h7,10,15,17,21,23,27,29,67H,4-6,8-9,11-14,16,18-20,22,24-26,28,30-66H2,1-3H3/b10-7-,17-15-,23-21-,29-27-. The monoisotopic (exact) mass is 1060 g/mol. The molecule has 0 saturated carbocycles. The van der Waals surface area contributed by atoms with Crippen molar-refractivity contribution in [1.82, 2.24) is 0 Å². The molecule has 1 unspecified atom stereocenters. The van der Waals surface area contributed by atoms with Crippen molar-refractivity contribution in [3.63, 3.8) is 0 Å². The molecule has 0 aromatic carbocycles. The van der Waals surface area contributed by atoms with Gasteiger partial charge in [-0.2, -0.15) is 0 Å². The van der Waals surface area contributed by atoms with Crippen LogP contribution in [0.15, 0.2) is 48.6 Å². The van der Waals surface area contributed by atoms with Gasteiger partial charge < -0.3 is 14.2 Å².